The number of benzene rings is 1. The molecule has 1 aromatic rings. The van der Waals surface area contributed by atoms with Crippen LogP contribution in [0.3, 0.4) is 0 Å². The van der Waals surface area contributed by atoms with Gasteiger partial charge >= 0.3 is 0 Å². The fourth-order valence-corrected chi connectivity index (χ4v) is 2.28. The molecule has 2 nitrogen and oxygen atoms in total. The van der Waals surface area contributed by atoms with Crippen LogP contribution < -0.4 is 5.73 Å². The van der Waals surface area contributed by atoms with Gasteiger partial charge < -0.3 is 10.8 Å². The van der Waals surface area contributed by atoms with E-state index in [2.05, 4.69) is 35.6 Å². The summed E-state index contributed by atoms with van der Waals surface area (Å²) in [5.74, 6) is 0. The molecule has 0 aromatic heterocycles. The van der Waals surface area contributed by atoms with Crippen LogP contribution in [0.4, 0.5) is 0 Å². The van der Waals surface area contributed by atoms with Crippen molar-refractivity contribution in [2.45, 2.75) is 25.8 Å². The lowest BCUT2D eigenvalue weighted by Gasteiger charge is -2.26. The van der Waals surface area contributed by atoms with Crippen LogP contribution in [0.15, 0.2) is 18.2 Å². The summed E-state index contributed by atoms with van der Waals surface area (Å²) >= 11 is 2.28. The van der Waals surface area contributed by atoms with Gasteiger partial charge in [-0.05, 0) is 66.1 Å². The van der Waals surface area contributed by atoms with E-state index in [1.54, 1.807) is 0 Å². The summed E-state index contributed by atoms with van der Waals surface area (Å²) in [6, 6.07) is 6.20. The van der Waals surface area contributed by atoms with Gasteiger partial charge in [-0.3, -0.25) is 0 Å². The molecule has 1 rings (SSSR count). The first-order chi connectivity index (χ1) is 6.47. The van der Waals surface area contributed by atoms with Crippen molar-refractivity contribution < 1.29 is 5.11 Å². The molecule has 0 saturated carbocycles. The largest absolute Gasteiger partial charge is 0.396 e. The van der Waals surface area contributed by atoms with E-state index in [-0.39, 0.29) is 6.61 Å². The monoisotopic (exact) mass is 305 g/mol. The minimum atomic E-state index is -0.427. The Kier molecular flexibility index (Phi) is 3.92. The molecule has 1 atom stereocenters. The Morgan fingerprint density at radius 2 is 2.14 bits per heavy atom. The summed E-state index contributed by atoms with van der Waals surface area (Å²) in [6.07, 6.45) is 0.592. The van der Waals surface area contributed by atoms with Gasteiger partial charge in [-0.25, -0.2) is 0 Å². The molecular formula is C11H16INO. The normalized spacial score (nSPS) is 15.2. The number of aryl methyl sites for hydroxylation is 1. The lowest BCUT2D eigenvalue weighted by Crippen LogP contribution is -2.34. The fraction of sp³-hybridized carbons (Fsp3) is 0.455. The number of nitrogens with two attached hydrogens (primary N) is 1. The Labute approximate surface area is 98.7 Å². The molecule has 1 unspecified atom stereocenters. The van der Waals surface area contributed by atoms with Crippen molar-refractivity contribution in [3.63, 3.8) is 0 Å². The summed E-state index contributed by atoms with van der Waals surface area (Å²) in [6.45, 7) is 4.14. The van der Waals surface area contributed by atoms with Crippen molar-refractivity contribution in [1.82, 2.24) is 0 Å². The van der Waals surface area contributed by atoms with Gasteiger partial charge in [0.25, 0.3) is 0 Å². The maximum absolute atomic E-state index is 8.93. The summed E-state index contributed by atoms with van der Waals surface area (Å²) in [5.41, 5.74) is 8.02. The van der Waals surface area contributed by atoms with E-state index in [4.69, 9.17) is 10.8 Å². The zero-order valence-corrected chi connectivity index (χ0v) is 10.7. The third-order valence-electron chi connectivity index (χ3n) is 2.43. The Morgan fingerprint density at radius 3 is 2.64 bits per heavy atom. The van der Waals surface area contributed by atoms with Gasteiger partial charge in [0.2, 0.25) is 0 Å². The van der Waals surface area contributed by atoms with Crippen LogP contribution in [-0.4, -0.2) is 11.7 Å². The summed E-state index contributed by atoms with van der Waals surface area (Å²) < 4.78 is 1.21. The lowest BCUT2D eigenvalue weighted by atomic mass is 9.87. The topological polar surface area (TPSA) is 46.2 Å². The molecule has 0 bridgehead atoms. The van der Waals surface area contributed by atoms with Crippen molar-refractivity contribution in [1.29, 1.82) is 0 Å². The van der Waals surface area contributed by atoms with Crippen LogP contribution in [0.25, 0.3) is 0 Å². The molecule has 0 spiro atoms. The maximum atomic E-state index is 8.93. The third-order valence-corrected chi connectivity index (χ3v) is 3.11. The number of halogens is 1. The predicted octanol–water partition coefficient (Wildman–Crippen LogP) is 2.16. The lowest BCUT2D eigenvalue weighted by molar-refractivity contribution is 0.247. The van der Waals surface area contributed by atoms with Gasteiger partial charge in [0.05, 0.1) is 0 Å². The highest BCUT2D eigenvalue weighted by Gasteiger charge is 2.22. The van der Waals surface area contributed by atoms with Crippen LogP contribution in [0, 0.1) is 10.5 Å². The highest BCUT2D eigenvalue weighted by Crippen LogP contribution is 2.25. The predicted molar refractivity (Wildman–Crippen MR) is 67.1 cm³/mol. The number of aliphatic hydroxyl groups is 1. The highest BCUT2D eigenvalue weighted by molar-refractivity contribution is 14.1. The minimum absolute atomic E-state index is 0.123. The Bertz CT molecular complexity index is 323. The van der Waals surface area contributed by atoms with E-state index in [1.807, 2.05) is 19.1 Å². The molecule has 0 heterocycles. The second-order valence-electron chi connectivity index (χ2n) is 3.85. The van der Waals surface area contributed by atoms with Crippen LogP contribution in [-0.2, 0) is 5.54 Å². The Morgan fingerprint density at radius 1 is 1.50 bits per heavy atom. The van der Waals surface area contributed by atoms with Gasteiger partial charge in [-0.15, -0.1) is 0 Å². The van der Waals surface area contributed by atoms with E-state index in [0.717, 1.165) is 5.56 Å². The zero-order chi connectivity index (χ0) is 10.8. The zero-order valence-electron chi connectivity index (χ0n) is 8.55. The first-order valence-electron chi connectivity index (χ1n) is 4.64. The average molecular weight is 305 g/mol. The highest BCUT2D eigenvalue weighted by atomic mass is 127. The number of hydrogen-bond acceptors (Lipinski definition) is 2. The second kappa shape index (κ2) is 4.59. The summed E-state index contributed by atoms with van der Waals surface area (Å²) in [5, 5.41) is 8.93. The van der Waals surface area contributed by atoms with Crippen LogP contribution in [0.1, 0.15) is 24.5 Å². The first-order valence-corrected chi connectivity index (χ1v) is 5.71. The Balaban J connectivity index is 3.06. The van der Waals surface area contributed by atoms with Crippen molar-refractivity contribution in [3.05, 3.63) is 32.9 Å². The Hall–Kier alpha value is -0.130. The molecule has 0 fully saturated rings. The van der Waals surface area contributed by atoms with E-state index in [0.29, 0.717) is 6.42 Å². The van der Waals surface area contributed by atoms with Crippen molar-refractivity contribution in [3.8, 4) is 0 Å². The van der Waals surface area contributed by atoms with Crippen molar-refractivity contribution in [2.75, 3.05) is 6.61 Å². The first kappa shape index (κ1) is 11.9. The number of rotatable bonds is 3. The van der Waals surface area contributed by atoms with Crippen LogP contribution >= 0.6 is 22.6 Å². The number of hydrogen-bond donors (Lipinski definition) is 2. The standard InChI is InChI=1S/C11H16INO/c1-8-7-9(12)3-4-10(8)11(2,13)5-6-14/h3-4,7,14H,5-6,13H2,1-2H3. The molecule has 0 saturated heterocycles. The summed E-state index contributed by atoms with van der Waals surface area (Å²) in [4.78, 5) is 0. The SMILES string of the molecule is Cc1cc(I)ccc1C(C)(N)CCO. The fourth-order valence-electron chi connectivity index (χ4n) is 1.63. The molecule has 78 valence electrons. The maximum Gasteiger partial charge on any atom is 0.0451 e. The van der Waals surface area contributed by atoms with Gasteiger partial charge in [0, 0.05) is 15.7 Å². The quantitative estimate of drug-likeness (QED) is 0.841. The third kappa shape index (κ3) is 2.68. The molecule has 3 heteroatoms. The minimum Gasteiger partial charge on any atom is -0.396 e. The smallest absolute Gasteiger partial charge is 0.0451 e. The summed E-state index contributed by atoms with van der Waals surface area (Å²) in [7, 11) is 0. The van der Waals surface area contributed by atoms with E-state index >= 15 is 0 Å². The van der Waals surface area contributed by atoms with Crippen LogP contribution in [0.2, 0.25) is 0 Å². The van der Waals surface area contributed by atoms with Crippen molar-refractivity contribution >= 4 is 22.6 Å². The molecule has 0 aliphatic rings. The van der Waals surface area contributed by atoms with Gasteiger partial charge in [0.15, 0.2) is 0 Å². The molecule has 0 aliphatic carbocycles. The van der Waals surface area contributed by atoms with Gasteiger partial charge in [-0.1, -0.05) is 6.07 Å². The average Bonchev–Trinajstić information content (AvgIpc) is 2.02. The van der Waals surface area contributed by atoms with E-state index in [1.165, 1.54) is 9.13 Å². The van der Waals surface area contributed by atoms with Gasteiger partial charge in [-0.2, -0.15) is 0 Å². The molecule has 0 aliphatic heterocycles. The molecule has 3 N–H and O–H groups in total. The molecule has 0 amide bonds. The van der Waals surface area contributed by atoms with E-state index < -0.39 is 5.54 Å². The van der Waals surface area contributed by atoms with Gasteiger partial charge in [0.1, 0.15) is 0 Å². The van der Waals surface area contributed by atoms with Crippen molar-refractivity contribution in [2.24, 2.45) is 5.73 Å². The number of aliphatic hydroxyl groups excluding tert-OH is 1. The molecule has 14 heavy (non-hydrogen) atoms. The molecule has 0 radical (unpaired) electrons. The van der Waals surface area contributed by atoms with E-state index in [9.17, 15) is 0 Å². The molecular weight excluding hydrogens is 289 g/mol. The molecule has 1 aromatic carbocycles. The van der Waals surface area contributed by atoms with Crippen LogP contribution in [0.5, 0.6) is 0 Å². The second-order valence-corrected chi connectivity index (χ2v) is 5.10.